The van der Waals surface area contributed by atoms with Crippen LogP contribution in [0.5, 0.6) is 5.75 Å². The number of rotatable bonds is 34. The number of nitrogens with two attached hydrogens (primary N) is 1. The number of amides is 1. The van der Waals surface area contributed by atoms with Crippen LogP contribution in [0.25, 0.3) is 0 Å². The van der Waals surface area contributed by atoms with Crippen LogP contribution in [-0.2, 0) is 72.8 Å². The molecule has 1 aromatic rings. The summed E-state index contributed by atoms with van der Waals surface area (Å²) in [7, 11) is 3.17. The number of phenolic OH excluding ortho intramolecular Hbond substituents is 1. The van der Waals surface area contributed by atoms with Gasteiger partial charge in [0.15, 0.2) is 51.3 Å². The van der Waals surface area contributed by atoms with Crippen LogP contribution in [0.2, 0.25) is 0 Å². The minimum Gasteiger partial charge on any atom is -0.507 e. The molecule has 17 heteroatoms. The number of hydrogen-bond acceptors (Lipinski definition) is 16. The van der Waals surface area contributed by atoms with Crippen molar-refractivity contribution in [2.75, 3.05) is 80.7 Å². The summed E-state index contributed by atoms with van der Waals surface area (Å²) in [6, 6.07) is 3.61. The van der Waals surface area contributed by atoms with Crippen LogP contribution in [0.4, 0.5) is 0 Å². The number of aryl methyl sites for hydroxylation is 2. The van der Waals surface area contributed by atoms with E-state index in [0.29, 0.717) is 52.9 Å². The second-order valence-corrected chi connectivity index (χ2v) is 13.1. The first-order chi connectivity index (χ1) is 27.1. The molecular formula is C40H76N2O15. The molecule has 17 nitrogen and oxygen atoms in total. The molecule has 1 rings (SSSR count). The molecule has 4 N–H and O–H groups in total. The minimum absolute atomic E-state index is 0.0303. The fourth-order valence-corrected chi connectivity index (χ4v) is 4.40. The average Bonchev–Trinajstić information content (AvgIpc) is 3.18. The molecule has 0 heterocycles. The number of aromatic hydroxyl groups is 1. The quantitative estimate of drug-likeness (QED) is 0.0642. The van der Waals surface area contributed by atoms with Gasteiger partial charge in [-0.1, -0.05) is 26.0 Å². The number of carbonyl (C=O) groups excluding carboxylic acids is 1. The van der Waals surface area contributed by atoms with Gasteiger partial charge in [0.1, 0.15) is 5.75 Å². The highest BCUT2D eigenvalue weighted by molar-refractivity contribution is 5.79. The van der Waals surface area contributed by atoms with Gasteiger partial charge in [0.05, 0.1) is 65.3 Å². The summed E-state index contributed by atoms with van der Waals surface area (Å²) in [4.78, 5) is 12.4. The van der Waals surface area contributed by atoms with Gasteiger partial charge < -0.3 is 77.7 Å². The average molecular weight is 825 g/mol. The molecule has 0 bridgehead atoms. The molecule has 0 aliphatic carbocycles. The molecule has 0 aromatic heterocycles. The third-order valence-electron chi connectivity index (χ3n) is 8.19. The largest absolute Gasteiger partial charge is 0.507 e. The Hall–Kier alpha value is -2.07. The van der Waals surface area contributed by atoms with E-state index in [1.807, 2.05) is 53.7 Å². The van der Waals surface area contributed by atoms with Crippen molar-refractivity contribution in [2.45, 2.75) is 138 Å². The maximum absolute atomic E-state index is 12.4. The molecule has 0 fully saturated rings. The van der Waals surface area contributed by atoms with Gasteiger partial charge in [-0.25, -0.2) is 0 Å². The van der Waals surface area contributed by atoms with Crippen LogP contribution in [0, 0.1) is 13.8 Å². The summed E-state index contributed by atoms with van der Waals surface area (Å²) in [5.74, 6) is 0.190. The highest BCUT2D eigenvalue weighted by Crippen LogP contribution is 2.23. The van der Waals surface area contributed by atoms with Crippen molar-refractivity contribution >= 4 is 5.91 Å². The Labute approximate surface area is 341 Å². The Kier molecular flexibility index (Phi) is 33.5. The Bertz CT molecular complexity index is 1100. The van der Waals surface area contributed by atoms with Gasteiger partial charge >= 0.3 is 0 Å². The topological polar surface area (TPSA) is 195 Å². The molecule has 0 radical (unpaired) electrons. The van der Waals surface area contributed by atoms with Crippen molar-refractivity contribution in [1.29, 1.82) is 0 Å². The summed E-state index contributed by atoms with van der Waals surface area (Å²) in [5, 5.41) is 12.9. The van der Waals surface area contributed by atoms with Gasteiger partial charge in [-0.05, 0) is 84.9 Å². The first-order valence-corrected chi connectivity index (χ1v) is 19.8. The van der Waals surface area contributed by atoms with Crippen molar-refractivity contribution in [2.24, 2.45) is 5.73 Å². The molecule has 8 atom stereocenters. The lowest BCUT2D eigenvalue weighted by Gasteiger charge is -2.19. The van der Waals surface area contributed by atoms with Gasteiger partial charge in [-0.2, -0.15) is 0 Å². The Morgan fingerprint density at radius 2 is 1.02 bits per heavy atom. The number of ether oxygens (including phenoxy) is 13. The molecule has 0 saturated heterocycles. The molecule has 0 saturated carbocycles. The number of hydrogen-bond donors (Lipinski definition) is 3. The van der Waals surface area contributed by atoms with Crippen molar-refractivity contribution < 1.29 is 71.5 Å². The lowest BCUT2D eigenvalue weighted by Crippen LogP contribution is -2.39. The van der Waals surface area contributed by atoms with E-state index in [-0.39, 0.29) is 68.9 Å². The van der Waals surface area contributed by atoms with Crippen molar-refractivity contribution in [3.8, 4) is 5.75 Å². The predicted octanol–water partition coefficient (Wildman–Crippen LogP) is 4.64. The molecule has 0 spiro atoms. The van der Waals surface area contributed by atoms with Crippen LogP contribution in [0.3, 0.4) is 0 Å². The van der Waals surface area contributed by atoms with Crippen molar-refractivity contribution in [1.82, 2.24) is 5.32 Å². The van der Waals surface area contributed by atoms with Crippen LogP contribution < -0.4 is 11.1 Å². The molecule has 1 aromatic carbocycles. The smallest absolute Gasteiger partial charge is 0.224 e. The Morgan fingerprint density at radius 1 is 0.614 bits per heavy atom. The van der Waals surface area contributed by atoms with Gasteiger partial charge in [-0.3, -0.25) is 4.79 Å². The van der Waals surface area contributed by atoms with E-state index >= 15 is 0 Å². The summed E-state index contributed by atoms with van der Waals surface area (Å²) in [5.41, 5.74) is 8.14. The van der Waals surface area contributed by atoms with E-state index in [2.05, 4.69) is 5.32 Å². The number of benzene rings is 1. The van der Waals surface area contributed by atoms with E-state index in [1.54, 1.807) is 41.9 Å². The maximum atomic E-state index is 12.4. The molecule has 57 heavy (non-hydrogen) atoms. The first-order valence-electron chi connectivity index (χ1n) is 19.8. The maximum Gasteiger partial charge on any atom is 0.224 e. The van der Waals surface area contributed by atoms with Gasteiger partial charge in [0.2, 0.25) is 5.91 Å². The monoisotopic (exact) mass is 825 g/mol. The molecule has 0 aliphatic rings. The minimum atomic E-state index is -0.467. The Balaban J connectivity index is 0.00000127. The van der Waals surface area contributed by atoms with E-state index in [4.69, 9.17) is 67.3 Å². The summed E-state index contributed by atoms with van der Waals surface area (Å²) < 4.78 is 69.6. The standard InChI is InChI=1S/C26H45NO9.C14H31NO6/c1-8-24(27-25(28)15-23-13-18(2)26(29)19(3)14-23)16-31-9-10-33-21(5)35-17-36-22(6)34-12-11-32-20(4)30-7;1-6-14(15)9-19-13(4)21-10-20-12(3)18-8-7-17-11(2)16-5/h13-14,20-22,24,29H,8-12,15-17H2,1-7H3,(H,27,28);11-14H,6-10,15H2,1-5H3. The highest BCUT2D eigenvalue weighted by Gasteiger charge is 2.14. The second-order valence-electron chi connectivity index (χ2n) is 13.1. The Morgan fingerprint density at radius 3 is 1.42 bits per heavy atom. The summed E-state index contributed by atoms with van der Waals surface area (Å²) in [6.45, 7) is 21.8. The number of nitrogens with one attached hydrogen (secondary N) is 1. The van der Waals surface area contributed by atoms with Gasteiger partial charge in [0.25, 0.3) is 0 Å². The van der Waals surface area contributed by atoms with E-state index in [9.17, 15) is 9.90 Å². The number of carbonyl (C=O) groups is 1. The normalized spacial score (nSPS) is 15.8. The molecule has 0 aliphatic heterocycles. The second kappa shape index (κ2) is 34.8. The number of phenols is 1. The molecule has 336 valence electrons. The first kappa shape index (κ1) is 54.9. The zero-order valence-electron chi connectivity index (χ0n) is 36.7. The van der Waals surface area contributed by atoms with Gasteiger partial charge in [0, 0.05) is 20.3 Å². The fraction of sp³-hybridized carbons (Fsp3) is 0.825. The van der Waals surface area contributed by atoms with Crippen LogP contribution >= 0.6 is 0 Å². The van der Waals surface area contributed by atoms with Crippen LogP contribution in [0.15, 0.2) is 12.1 Å². The lowest BCUT2D eigenvalue weighted by atomic mass is 10.0. The number of methoxy groups -OCH3 is 2. The molecule has 1 amide bonds. The van der Waals surface area contributed by atoms with Crippen LogP contribution in [-0.4, -0.2) is 141 Å². The summed E-state index contributed by atoms with van der Waals surface area (Å²) in [6.07, 6.45) is -0.281. The van der Waals surface area contributed by atoms with E-state index < -0.39 is 12.6 Å². The zero-order chi connectivity index (χ0) is 43.0. The van der Waals surface area contributed by atoms with Crippen molar-refractivity contribution in [3.63, 3.8) is 0 Å². The van der Waals surface area contributed by atoms with Crippen LogP contribution in [0.1, 0.15) is 84.9 Å². The van der Waals surface area contributed by atoms with Gasteiger partial charge in [-0.15, -0.1) is 0 Å². The molecular weight excluding hydrogens is 748 g/mol. The third-order valence-corrected chi connectivity index (χ3v) is 8.19. The fourth-order valence-electron chi connectivity index (χ4n) is 4.40. The molecule has 8 unspecified atom stereocenters. The summed E-state index contributed by atoms with van der Waals surface area (Å²) >= 11 is 0. The van der Waals surface area contributed by atoms with E-state index in [0.717, 1.165) is 29.5 Å². The lowest BCUT2D eigenvalue weighted by molar-refractivity contribution is -0.242. The zero-order valence-corrected chi connectivity index (χ0v) is 36.7. The SMILES string of the molecule is CCC(COCCOC(C)OCOC(C)OCCOC(C)OC)NC(=O)Cc1cc(C)c(O)c(C)c1.CCC(N)COC(C)OCOC(C)OCCOC(C)OC. The highest BCUT2D eigenvalue weighted by atomic mass is 16.8. The van der Waals surface area contributed by atoms with Crippen molar-refractivity contribution in [3.05, 3.63) is 28.8 Å². The van der Waals surface area contributed by atoms with E-state index in [1.165, 1.54) is 0 Å². The third kappa shape index (κ3) is 30.6. The predicted molar refractivity (Wildman–Crippen MR) is 213 cm³/mol.